The average Bonchev–Trinajstić information content (AvgIpc) is 2.36. The van der Waals surface area contributed by atoms with Gasteiger partial charge in [0.15, 0.2) is 0 Å². The quantitative estimate of drug-likeness (QED) is 0.550. The zero-order valence-corrected chi connectivity index (χ0v) is 10.9. The van der Waals surface area contributed by atoms with Gasteiger partial charge in [-0.25, -0.2) is 0 Å². The molecule has 0 fully saturated rings. The van der Waals surface area contributed by atoms with Crippen molar-refractivity contribution in [3.8, 4) is 0 Å². The van der Waals surface area contributed by atoms with E-state index >= 15 is 0 Å². The molecule has 0 heterocycles. The van der Waals surface area contributed by atoms with E-state index in [2.05, 4.69) is 36.5 Å². The van der Waals surface area contributed by atoms with Crippen LogP contribution in [0.3, 0.4) is 0 Å². The van der Waals surface area contributed by atoms with E-state index in [-0.39, 0.29) is 0 Å². The zero-order chi connectivity index (χ0) is 12.3. The molecule has 0 bridgehead atoms. The first-order valence-electron chi connectivity index (χ1n) is 6.34. The van der Waals surface area contributed by atoms with Crippen LogP contribution in [0, 0.1) is 0 Å². The Labute approximate surface area is 105 Å². The van der Waals surface area contributed by atoms with Gasteiger partial charge in [-0.1, -0.05) is 43.3 Å². The summed E-state index contributed by atoms with van der Waals surface area (Å²) in [6, 6.07) is 8.50. The van der Waals surface area contributed by atoms with Gasteiger partial charge in [0.2, 0.25) is 0 Å². The van der Waals surface area contributed by atoms with E-state index in [1.54, 1.807) is 0 Å². The maximum Gasteiger partial charge on any atom is 0.0723 e. The third-order valence-electron chi connectivity index (χ3n) is 2.65. The minimum absolute atomic E-state index is 0.693. The van der Waals surface area contributed by atoms with Gasteiger partial charge in [-0.05, 0) is 37.6 Å². The summed E-state index contributed by atoms with van der Waals surface area (Å²) in [6.45, 7) is 7.59. The van der Waals surface area contributed by atoms with Crippen LogP contribution in [0.15, 0.2) is 36.4 Å². The van der Waals surface area contributed by atoms with Crippen molar-refractivity contribution in [3.63, 3.8) is 0 Å². The molecule has 17 heavy (non-hydrogen) atoms. The molecule has 94 valence electrons. The summed E-state index contributed by atoms with van der Waals surface area (Å²) < 4.78 is 5.60. The van der Waals surface area contributed by atoms with Crippen LogP contribution in [0.5, 0.6) is 0 Å². The SMILES string of the molecule is C/C=C/COCc1ccccc1CCNCC. The van der Waals surface area contributed by atoms with Crippen LogP contribution >= 0.6 is 0 Å². The maximum atomic E-state index is 5.60. The van der Waals surface area contributed by atoms with Crippen molar-refractivity contribution >= 4 is 0 Å². The fourth-order valence-corrected chi connectivity index (χ4v) is 1.68. The van der Waals surface area contributed by atoms with Gasteiger partial charge >= 0.3 is 0 Å². The van der Waals surface area contributed by atoms with Crippen LogP contribution in [-0.4, -0.2) is 19.7 Å². The largest absolute Gasteiger partial charge is 0.373 e. The Bertz CT molecular complexity index is 333. The van der Waals surface area contributed by atoms with Crippen molar-refractivity contribution in [2.75, 3.05) is 19.7 Å². The lowest BCUT2D eigenvalue weighted by Gasteiger charge is -2.09. The molecule has 0 radical (unpaired) electrons. The van der Waals surface area contributed by atoms with E-state index in [0.29, 0.717) is 13.2 Å². The number of hydrogen-bond acceptors (Lipinski definition) is 2. The predicted molar refractivity (Wildman–Crippen MR) is 73.2 cm³/mol. The minimum atomic E-state index is 0.693. The molecule has 1 rings (SSSR count). The smallest absolute Gasteiger partial charge is 0.0723 e. The monoisotopic (exact) mass is 233 g/mol. The number of hydrogen-bond donors (Lipinski definition) is 1. The fraction of sp³-hybridized carbons (Fsp3) is 0.467. The lowest BCUT2D eigenvalue weighted by atomic mass is 10.1. The number of likely N-dealkylation sites (N-methyl/N-ethyl adjacent to an activating group) is 1. The summed E-state index contributed by atoms with van der Waals surface area (Å²) in [5.74, 6) is 0. The lowest BCUT2D eigenvalue weighted by Crippen LogP contribution is -2.16. The Morgan fingerprint density at radius 1 is 1.24 bits per heavy atom. The Kier molecular flexibility index (Phi) is 7.35. The van der Waals surface area contributed by atoms with Gasteiger partial charge < -0.3 is 10.1 Å². The van der Waals surface area contributed by atoms with Crippen molar-refractivity contribution in [2.24, 2.45) is 0 Å². The van der Waals surface area contributed by atoms with E-state index in [0.717, 1.165) is 19.5 Å². The highest BCUT2D eigenvalue weighted by atomic mass is 16.5. The summed E-state index contributed by atoms with van der Waals surface area (Å²) in [4.78, 5) is 0. The molecule has 0 atom stereocenters. The molecule has 0 amide bonds. The van der Waals surface area contributed by atoms with Gasteiger partial charge in [0, 0.05) is 0 Å². The molecule has 2 heteroatoms. The Morgan fingerprint density at radius 2 is 2.00 bits per heavy atom. The van der Waals surface area contributed by atoms with Crippen molar-refractivity contribution < 1.29 is 4.74 Å². The molecule has 0 aromatic heterocycles. The fourth-order valence-electron chi connectivity index (χ4n) is 1.68. The molecule has 1 aromatic carbocycles. The van der Waals surface area contributed by atoms with E-state index in [9.17, 15) is 0 Å². The molecule has 0 aliphatic heterocycles. The van der Waals surface area contributed by atoms with Crippen molar-refractivity contribution in [1.29, 1.82) is 0 Å². The molecule has 1 N–H and O–H groups in total. The van der Waals surface area contributed by atoms with Crippen LogP contribution in [0.1, 0.15) is 25.0 Å². The number of ether oxygens (including phenoxy) is 1. The van der Waals surface area contributed by atoms with Gasteiger partial charge in [0.25, 0.3) is 0 Å². The Hall–Kier alpha value is -1.12. The van der Waals surface area contributed by atoms with Crippen molar-refractivity contribution in [3.05, 3.63) is 47.5 Å². The maximum absolute atomic E-state index is 5.60. The third kappa shape index (κ3) is 5.66. The van der Waals surface area contributed by atoms with Crippen LogP contribution in [0.25, 0.3) is 0 Å². The average molecular weight is 233 g/mol. The molecular formula is C15H23NO. The summed E-state index contributed by atoms with van der Waals surface area (Å²) in [7, 11) is 0. The molecule has 0 saturated carbocycles. The summed E-state index contributed by atoms with van der Waals surface area (Å²) in [5, 5.41) is 3.35. The van der Waals surface area contributed by atoms with Gasteiger partial charge in [0.05, 0.1) is 13.2 Å². The van der Waals surface area contributed by atoms with Crippen molar-refractivity contribution in [1.82, 2.24) is 5.32 Å². The lowest BCUT2D eigenvalue weighted by molar-refractivity contribution is 0.148. The summed E-state index contributed by atoms with van der Waals surface area (Å²) >= 11 is 0. The number of allylic oxidation sites excluding steroid dienone is 1. The van der Waals surface area contributed by atoms with Gasteiger partial charge in [-0.15, -0.1) is 0 Å². The standard InChI is InChI=1S/C15H23NO/c1-3-5-12-17-13-15-9-7-6-8-14(15)10-11-16-4-2/h3,5-9,16H,4,10-13H2,1-2H3/b5-3+. The van der Waals surface area contributed by atoms with Gasteiger partial charge in [0.1, 0.15) is 0 Å². The molecule has 0 spiro atoms. The number of rotatable bonds is 8. The van der Waals surface area contributed by atoms with E-state index in [1.807, 2.05) is 19.1 Å². The third-order valence-corrected chi connectivity index (χ3v) is 2.65. The molecule has 1 aromatic rings. The van der Waals surface area contributed by atoms with Crippen LogP contribution < -0.4 is 5.32 Å². The highest BCUT2D eigenvalue weighted by Crippen LogP contribution is 2.10. The second-order valence-electron chi connectivity index (χ2n) is 3.96. The molecule has 0 aliphatic carbocycles. The first kappa shape index (κ1) is 13.9. The second kappa shape index (κ2) is 8.97. The van der Waals surface area contributed by atoms with Crippen LogP contribution in [0.4, 0.5) is 0 Å². The van der Waals surface area contributed by atoms with E-state index in [4.69, 9.17) is 4.74 Å². The topological polar surface area (TPSA) is 21.3 Å². The van der Waals surface area contributed by atoms with Crippen LogP contribution in [-0.2, 0) is 17.8 Å². The zero-order valence-electron chi connectivity index (χ0n) is 10.9. The molecule has 0 aliphatic rings. The Morgan fingerprint density at radius 3 is 2.71 bits per heavy atom. The highest BCUT2D eigenvalue weighted by molar-refractivity contribution is 5.26. The van der Waals surface area contributed by atoms with Gasteiger partial charge in [-0.3, -0.25) is 0 Å². The summed E-state index contributed by atoms with van der Waals surface area (Å²) in [5.41, 5.74) is 2.68. The number of benzene rings is 1. The first-order valence-corrected chi connectivity index (χ1v) is 6.34. The predicted octanol–water partition coefficient (Wildman–Crippen LogP) is 2.93. The summed E-state index contributed by atoms with van der Waals surface area (Å²) in [6.07, 6.45) is 5.11. The van der Waals surface area contributed by atoms with E-state index < -0.39 is 0 Å². The Balaban J connectivity index is 2.45. The molecule has 0 saturated heterocycles. The molecule has 0 unspecified atom stereocenters. The first-order chi connectivity index (χ1) is 8.38. The molecule has 2 nitrogen and oxygen atoms in total. The highest BCUT2D eigenvalue weighted by Gasteiger charge is 2.00. The van der Waals surface area contributed by atoms with Crippen LogP contribution in [0.2, 0.25) is 0 Å². The molecular weight excluding hydrogens is 210 g/mol. The van der Waals surface area contributed by atoms with Gasteiger partial charge in [-0.2, -0.15) is 0 Å². The number of nitrogens with one attached hydrogen (secondary N) is 1. The van der Waals surface area contributed by atoms with Crippen molar-refractivity contribution in [2.45, 2.75) is 26.9 Å². The second-order valence-corrected chi connectivity index (χ2v) is 3.96. The minimum Gasteiger partial charge on any atom is -0.373 e. The van der Waals surface area contributed by atoms with E-state index in [1.165, 1.54) is 11.1 Å². The normalized spacial score (nSPS) is 11.2.